The van der Waals surface area contributed by atoms with Crippen LogP contribution in [0.4, 0.5) is 5.69 Å². The van der Waals surface area contributed by atoms with E-state index in [4.69, 9.17) is 0 Å². The lowest BCUT2D eigenvalue weighted by Gasteiger charge is -2.30. The SMILES string of the molecule is Cc1cc(-c2cccc(N(C3=CCCC=C3)C3=CCC(C)C=C3)c2)cc(C)c1-n1ccnc1-c1ccccc1. The Morgan fingerprint density at radius 1 is 0.795 bits per heavy atom. The van der Waals surface area contributed by atoms with Gasteiger partial charge in [0.05, 0.1) is 5.69 Å². The van der Waals surface area contributed by atoms with Crippen LogP contribution in [0.2, 0.25) is 0 Å². The first-order valence-corrected chi connectivity index (χ1v) is 13.9. The van der Waals surface area contributed by atoms with Crippen LogP contribution >= 0.6 is 0 Å². The highest BCUT2D eigenvalue weighted by atomic mass is 15.2. The Morgan fingerprint density at radius 3 is 2.28 bits per heavy atom. The van der Waals surface area contributed by atoms with Gasteiger partial charge in [-0.05, 0) is 97.7 Å². The summed E-state index contributed by atoms with van der Waals surface area (Å²) >= 11 is 0. The van der Waals surface area contributed by atoms with Crippen molar-refractivity contribution in [2.24, 2.45) is 5.92 Å². The zero-order valence-electron chi connectivity index (χ0n) is 23.0. The molecule has 2 aliphatic carbocycles. The molecule has 0 saturated heterocycles. The Hall–Kier alpha value is -4.37. The van der Waals surface area contributed by atoms with Gasteiger partial charge in [0.25, 0.3) is 0 Å². The first kappa shape index (κ1) is 24.9. The zero-order valence-corrected chi connectivity index (χ0v) is 23.0. The van der Waals surface area contributed by atoms with E-state index in [0.29, 0.717) is 5.92 Å². The van der Waals surface area contributed by atoms with E-state index >= 15 is 0 Å². The Labute approximate surface area is 232 Å². The van der Waals surface area contributed by atoms with Crippen LogP contribution in [0, 0.1) is 19.8 Å². The van der Waals surface area contributed by atoms with Gasteiger partial charge in [0.2, 0.25) is 0 Å². The minimum atomic E-state index is 0.584. The molecule has 2 aliphatic rings. The van der Waals surface area contributed by atoms with Gasteiger partial charge in [-0.1, -0.05) is 73.7 Å². The van der Waals surface area contributed by atoms with Crippen LogP contribution in [0.25, 0.3) is 28.2 Å². The van der Waals surface area contributed by atoms with Crippen molar-refractivity contribution in [1.29, 1.82) is 0 Å². The second kappa shape index (κ2) is 10.8. The van der Waals surface area contributed by atoms with Crippen LogP contribution in [0.1, 0.15) is 37.3 Å². The predicted molar refractivity (Wildman–Crippen MR) is 164 cm³/mol. The summed E-state index contributed by atoms with van der Waals surface area (Å²) in [5, 5.41) is 0. The van der Waals surface area contributed by atoms with E-state index < -0.39 is 0 Å². The quantitative estimate of drug-likeness (QED) is 0.258. The third-order valence-corrected chi connectivity index (χ3v) is 7.63. The molecule has 0 fully saturated rings. The number of hydrogen-bond donors (Lipinski definition) is 0. The second-order valence-corrected chi connectivity index (χ2v) is 10.6. The number of nitrogens with zero attached hydrogens (tertiary/aromatic N) is 3. The van der Waals surface area contributed by atoms with Gasteiger partial charge in [0.15, 0.2) is 0 Å². The lowest BCUT2D eigenvalue weighted by molar-refractivity contribution is 0.727. The molecule has 3 heteroatoms. The summed E-state index contributed by atoms with van der Waals surface area (Å²) in [6, 6.07) is 24.0. The number of aromatic nitrogens is 2. The van der Waals surface area contributed by atoms with Crippen molar-refractivity contribution in [2.45, 2.75) is 40.0 Å². The van der Waals surface area contributed by atoms with Crippen LogP contribution in [0.3, 0.4) is 0 Å². The molecule has 0 amide bonds. The molecule has 0 N–H and O–H groups in total. The van der Waals surface area contributed by atoms with E-state index in [2.05, 4.69) is 139 Å². The second-order valence-electron chi connectivity index (χ2n) is 10.6. The Kier molecular flexibility index (Phi) is 6.89. The summed E-state index contributed by atoms with van der Waals surface area (Å²) in [4.78, 5) is 7.10. The smallest absolute Gasteiger partial charge is 0.144 e. The van der Waals surface area contributed by atoms with E-state index in [1.54, 1.807) is 0 Å². The zero-order chi connectivity index (χ0) is 26.8. The van der Waals surface area contributed by atoms with E-state index in [9.17, 15) is 0 Å². The molecule has 39 heavy (non-hydrogen) atoms. The molecule has 3 aromatic carbocycles. The Bertz CT molecular complexity index is 1590. The summed E-state index contributed by atoms with van der Waals surface area (Å²) in [6.07, 6.45) is 21.1. The molecule has 0 radical (unpaired) electrons. The van der Waals surface area contributed by atoms with Crippen molar-refractivity contribution in [3.63, 3.8) is 0 Å². The minimum absolute atomic E-state index is 0.584. The number of anilines is 1. The van der Waals surface area contributed by atoms with Crippen molar-refractivity contribution in [2.75, 3.05) is 4.90 Å². The van der Waals surface area contributed by atoms with E-state index in [0.717, 1.165) is 30.7 Å². The third-order valence-electron chi connectivity index (χ3n) is 7.63. The average Bonchev–Trinajstić information content (AvgIpc) is 3.44. The number of hydrogen-bond acceptors (Lipinski definition) is 2. The first-order valence-electron chi connectivity index (χ1n) is 13.9. The minimum Gasteiger partial charge on any atom is -0.311 e. The van der Waals surface area contributed by atoms with Gasteiger partial charge in [-0.3, -0.25) is 4.57 Å². The van der Waals surface area contributed by atoms with E-state index in [1.807, 2.05) is 12.3 Å². The van der Waals surface area contributed by atoms with Gasteiger partial charge in [-0.25, -0.2) is 4.98 Å². The average molecular weight is 510 g/mol. The molecule has 0 saturated carbocycles. The summed E-state index contributed by atoms with van der Waals surface area (Å²) < 4.78 is 2.21. The molecule has 6 rings (SSSR count). The van der Waals surface area contributed by atoms with Crippen LogP contribution in [-0.4, -0.2) is 9.55 Å². The maximum atomic E-state index is 4.69. The Balaban J connectivity index is 1.39. The summed E-state index contributed by atoms with van der Waals surface area (Å²) in [6.45, 7) is 6.68. The summed E-state index contributed by atoms with van der Waals surface area (Å²) in [5.74, 6) is 1.55. The predicted octanol–water partition coefficient (Wildman–Crippen LogP) is 9.34. The molecule has 1 heterocycles. The highest BCUT2D eigenvalue weighted by molar-refractivity contribution is 5.75. The fourth-order valence-electron chi connectivity index (χ4n) is 5.71. The highest BCUT2D eigenvalue weighted by Crippen LogP contribution is 2.35. The monoisotopic (exact) mass is 509 g/mol. The first-order chi connectivity index (χ1) is 19.1. The van der Waals surface area contributed by atoms with Crippen molar-refractivity contribution < 1.29 is 0 Å². The maximum absolute atomic E-state index is 4.69. The number of rotatable bonds is 6. The van der Waals surface area contributed by atoms with Crippen molar-refractivity contribution in [3.8, 4) is 28.2 Å². The molecule has 194 valence electrons. The molecule has 0 bridgehead atoms. The molecule has 1 unspecified atom stereocenters. The third kappa shape index (κ3) is 5.05. The summed E-state index contributed by atoms with van der Waals surface area (Å²) in [5.41, 5.74) is 10.9. The molecule has 1 aromatic heterocycles. The fraction of sp³-hybridized carbons (Fsp3) is 0.194. The number of aryl methyl sites for hydroxylation is 2. The number of benzene rings is 3. The van der Waals surface area contributed by atoms with Gasteiger partial charge in [0.1, 0.15) is 5.82 Å². The van der Waals surface area contributed by atoms with Gasteiger partial charge < -0.3 is 4.90 Å². The molecule has 0 spiro atoms. The molecular formula is C36H35N3. The lowest BCUT2D eigenvalue weighted by Crippen LogP contribution is -2.22. The van der Waals surface area contributed by atoms with Gasteiger partial charge in [-0.15, -0.1) is 0 Å². The van der Waals surface area contributed by atoms with Gasteiger partial charge in [0, 0.05) is 35.0 Å². The fourth-order valence-corrected chi connectivity index (χ4v) is 5.71. The van der Waals surface area contributed by atoms with Crippen LogP contribution in [0.15, 0.2) is 127 Å². The maximum Gasteiger partial charge on any atom is 0.144 e. The topological polar surface area (TPSA) is 21.1 Å². The summed E-state index contributed by atoms with van der Waals surface area (Å²) in [7, 11) is 0. The molecule has 0 aliphatic heterocycles. The van der Waals surface area contributed by atoms with Crippen LogP contribution in [-0.2, 0) is 0 Å². The molecule has 1 atom stereocenters. The highest BCUT2D eigenvalue weighted by Gasteiger charge is 2.19. The van der Waals surface area contributed by atoms with Gasteiger partial charge in [-0.2, -0.15) is 0 Å². The van der Waals surface area contributed by atoms with E-state index in [-0.39, 0.29) is 0 Å². The normalized spacial score (nSPS) is 16.6. The largest absolute Gasteiger partial charge is 0.311 e. The van der Waals surface area contributed by atoms with Gasteiger partial charge >= 0.3 is 0 Å². The number of imidazole rings is 1. The van der Waals surface area contributed by atoms with Crippen molar-refractivity contribution >= 4 is 5.69 Å². The van der Waals surface area contributed by atoms with Crippen molar-refractivity contribution in [3.05, 3.63) is 138 Å². The lowest BCUT2D eigenvalue weighted by atomic mass is 9.97. The standard InChI is InChI=1S/C36H35N3/c1-26-17-19-33(20-18-26)39(32-14-8-5-9-15-32)34-16-10-13-30(25-34)31-23-27(2)35(28(3)24-31)38-22-21-37-36(38)29-11-6-4-7-12-29/h4,6-8,10-17,19-26H,5,9,18H2,1-3H3. The molecular weight excluding hydrogens is 474 g/mol. The Morgan fingerprint density at radius 2 is 1.56 bits per heavy atom. The molecule has 4 aromatic rings. The number of allylic oxidation sites excluding steroid dienone is 6. The van der Waals surface area contributed by atoms with E-state index in [1.165, 1.54) is 45.0 Å². The van der Waals surface area contributed by atoms with Crippen molar-refractivity contribution in [1.82, 2.24) is 9.55 Å². The molecule has 3 nitrogen and oxygen atoms in total. The van der Waals surface area contributed by atoms with Crippen LogP contribution < -0.4 is 4.90 Å². The van der Waals surface area contributed by atoms with Crippen LogP contribution in [0.5, 0.6) is 0 Å².